The van der Waals surface area contributed by atoms with Crippen LogP contribution < -0.4 is 10.6 Å². The Morgan fingerprint density at radius 2 is 1.71 bits per heavy atom. The first-order valence-corrected chi connectivity index (χ1v) is 11.9. The molecule has 0 spiro atoms. The third-order valence-electron chi connectivity index (χ3n) is 5.32. The van der Waals surface area contributed by atoms with Crippen LogP contribution in [0.5, 0.6) is 0 Å². The SMILES string of the molecule is Cc1ccccc1NC(=O)NC(C)c1nnc(SCc2ccccc2)n1-c1ccc([N+](=O)[O-])cc1. The number of aromatic nitrogens is 3. The Labute approximate surface area is 206 Å². The number of non-ortho nitro benzene ring substituents is 1. The van der Waals surface area contributed by atoms with Crippen LogP contribution >= 0.6 is 11.8 Å². The van der Waals surface area contributed by atoms with Crippen LogP contribution in [0.1, 0.15) is 29.9 Å². The zero-order chi connectivity index (χ0) is 24.8. The van der Waals surface area contributed by atoms with Crippen molar-refractivity contribution in [3.8, 4) is 5.69 Å². The van der Waals surface area contributed by atoms with Gasteiger partial charge in [-0.2, -0.15) is 0 Å². The van der Waals surface area contributed by atoms with E-state index >= 15 is 0 Å². The monoisotopic (exact) mass is 488 g/mol. The van der Waals surface area contributed by atoms with Gasteiger partial charge in [-0.25, -0.2) is 4.79 Å². The van der Waals surface area contributed by atoms with Crippen LogP contribution in [0.25, 0.3) is 5.69 Å². The minimum absolute atomic E-state index is 0.00866. The third kappa shape index (κ3) is 5.85. The molecule has 4 rings (SSSR count). The average Bonchev–Trinajstić information content (AvgIpc) is 3.29. The van der Waals surface area contributed by atoms with Crippen molar-refractivity contribution in [1.29, 1.82) is 0 Å². The number of para-hydroxylation sites is 1. The molecule has 0 radical (unpaired) electrons. The first-order valence-electron chi connectivity index (χ1n) is 10.9. The summed E-state index contributed by atoms with van der Waals surface area (Å²) < 4.78 is 1.82. The number of nitro groups is 1. The van der Waals surface area contributed by atoms with E-state index in [9.17, 15) is 14.9 Å². The van der Waals surface area contributed by atoms with Gasteiger partial charge in [-0.1, -0.05) is 60.3 Å². The molecule has 0 aliphatic rings. The van der Waals surface area contributed by atoms with E-state index in [0.717, 1.165) is 11.1 Å². The molecule has 35 heavy (non-hydrogen) atoms. The molecule has 2 amide bonds. The number of nitrogens with one attached hydrogen (secondary N) is 2. The first kappa shape index (κ1) is 24.0. The molecule has 0 saturated heterocycles. The summed E-state index contributed by atoms with van der Waals surface area (Å²) in [6, 6.07) is 22.8. The topological polar surface area (TPSA) is 115 Å². The normalized spacial score (nSPS) is 11.6. The van der Waals surface area contributed by atoms with Gasteiger partial charge in [0.1, 0.15) is 0 Å². The van der Waals surface area contributed by atoms with E-state index in [1.165, 1.54) is 23.9 Å². The fourth-order valence-corrected chi connectivity index (χ4v) is 4.39. The van der Waals surface area contributed by atoms with Crippen LogP contribution in [0.3, 0.4) is 0 Å². The smallest absolute Gasteiger partial charge is 0.319 e. The average molecular weight is 489 g/mol. The summed E-state index contributed by atoms with van der Waals surface area (Å²) in [5, 5.41) is 26.2. The van der Waals surface area contributed by atoms with Crippen molar-refractivity contribution < 1.29 is 9.72 Å². The zero-order valence-corrected chi connectivity index (χ0v) is 20.0. The third-order valence-corrected chi connectivity index (χ3v) is 6.32. The van der Waals surface area contributed by atoms with Gasteiger partial charge in [0.15, 0.2) is 11.0 Å². The molecule has 1 unspecified atom stereocenters. The van der Waals surface area contributed by atoms with E-state index in [2.05, 4.69) is 20.8 Å². The predicted molar refractivity (Wildman–Crippen MR) is 136 cm³/mol. The lowest BCUT2D eigenvalue weighted by atomic mass is 10.2. The number of rotatable bonds is 8. The molecular formula is C25H24N6O3S. The summed E-state index contributed by atoms with van der Waals surface area (Å²) >= 11 is 1.49. The molecule has 1 atom stereocenters. The molecule has 3 aromatic carbocycles. The number of benzene rings is 3. The molecule has 0 aliphatic heterocycles. The fraction of sp³-hybridized carbons (Fsp3) is 0.160. The number of nitro benzene ring substituents is 1. The second-order valence-electron chi connectivity index (χ2n) is 7.86. The number of carbonyl (C=O) groups excluding carboxylic acids is 1. The fourth-order valence-electron chi connectivity index (χ4n) is 3.48. The molecule has 0 bridgehead atoms. The Balaban J connectivity index is 1.59. The van der Waals surface area contributed by atoms with Gasteiger partial charge < -0.3 is 10.6 Å². The quantitative estimate of drug-likeness (QED) is 0.188. The van der Waals surface area contributed by atoms with Gasteiger partial charge in [-0.05, 0) is 43.2 Å². The van der Waals surface area contributed by atoms with Gasteiger partial charge in [-0.3, -0.25) is 14.7 Å². The number of anilines is 1. The Morgan fingerprint density at radius 3 is 2.40 bits per heavy atom. The summed E-state index contributed by atoms with van der Waals surface area (Å²) in [6.45, 7) is 3.73. The van der Waals surface area contributed by atoms with Crippen molar-refractivity contribution >= 4 is 29.2 Å². The van der Waals surface area contributed by atoms with Crippen molar-refractivity contribution in [1.82, 2.24) is 20.1 Å². The Bertz CT molecular complexity index is 1320. The van der Waals surface area contributed by atoms with Gasteiger partial charge in [0.25, 0.3) is 5.69 Å². The summed E-state index contributed by atoms with van der Waals surface area (Å²) in [5.41, 5.74) is 3.45. The molecule has 2 N–H and O–H groups in total. The number of carbonyl (C=O) groups is 1. The number of amides is 2. The van der Waals surface area contributed by atoms with Gasteiger partial charge in [0, 0.05) is 29.3 Å². The molecule has 4 aromatic rings. The van der Waals surface area contributed by atoms with Crippen molar-refractivity contribution in [2.24, 2.45) is 0 Å². The summed E-state index contributed by atoms with van der Waals surface area (Å²) in [4.78, 5) is 23.3. The maximum atomic E-state index is 12.7. The number of hydrogen-bond acceptors (Lipinski definition) is 6. The standard InChI is InChI=1S/C25H24N6O3S/c1-17-8-6-7-11-22(17)27-24(32)26-18(2)23-28-29-25(35-16-19-9-4-3-5-10-19)30(23)20-12-14-21(15-13-20)31(33)34/h3-15,18H,16H2,1-2H3,(H2,26,27,32). The van der Waals surface area contributed by atoms with Crippen LogP contribution in [-0.4, -0.2) is 25.7 Å². The van der Waals surface area contributed by atoms with Crippen molar-refractivity contribution in [2.75, 3.05) is 5.32 Å². The van der Waals surface area contributed by atoms with Gasteiger partial charge in [0.2, 0.25) is 0 Å². The molecule has 0 saturated carbocycles. The molecule has 1 aromatic heterocycles. The Hall–Kier alpha value is -4.18. The maximum absolute atomic E-state index is 12.7. The molecule has 10 heteroatoms. The first-order chi connectivity index (χ1) is 16.9. The Morgan fingerprint density at radius 1 is 1.03 bits per heavy atom. The summed E-state index contributed by atoms with van der Waals surface area (Å²) in [6.07, 6.45) is 0. The molecule has 0 fully saturated rings. The van der Waals surface area contributed by atoms with Crippen LogP contribution in [0.4, 0.5) is 16.2 Å². The second-order valence-corrected chi connectivity index (χ2v) is 8.80. The van der Waals surface area contributed by atoms with Crippen molar-refractivity contribution in [3.05, 3.63) is 106 Å². The number of nitrogens with zero attached hydrogens (tertiary/aromatic N) is 4. The van der Waals surface area contributed by atoms with Crippen LogP contribution in [-0.2, 0) is 5.75 Å². The molecule has 0 aliphatic carbocycles. The molecular weight excluding hydrogens is 464 g/mol. The zero-order valence-electron chi connectivity index (χ0n) is 19.2. The summed E-state index contributed by atoms with van der Waals surface area (Å²) in [5.74, 6) is 1.18. The van der Waals surface area contributed by atoms with E-state index in [1.807, 2.05) is 73.0 Å². The van der Waals surface area contributed by atoms with Crippen LogP contribution in [0.15, 0.2) is 84.0 Å². The maximum Gasteiger partial charge on any atom is 0.319 e. The lowest BCUT2D eigenvalue weighted by Gasteiger charge is -2.17. The molecule has 1 heterocycles. The van der Waals surface area contributed by atoms with Crippen molar-refractivity contribution in [3.63, 3.8) is 0 Å². The lowest BCUT2D eigenvalue weighted by molar-refractivity contribution is -0.384. The van der Waals surface area contributed by atoms with Gasteiger partial charge in [0.05, 0.1) is 11.0 Å². The second kappa shape index (κ2) is 10.8. The van der Waals surface area contributed by atoms with E-state index in [-0.39, 0.29) is 11.7 Å². The largest absolute Gasteiger partial charge is 0.328 e. The number of aryl methyl sites for hydroxylation is 1. The number of urea groups is 1. The number of hydrogen-bond donors (Lipinski definition) is 2. The van der Waals surface area contributed by atoms with Crippen LogP contribution in [0, 0.1) is 17.0 Å². The molecule has 178 valence electrons. The van der Waals surface area contributed by atoms with E-state index < -0.39 is 11.0 Å². The van der Waals surface area contributed by atoms with Gasteiger partial charge in [-0.15, -0.1) is 10.2 Å². The van der Waals surface area contributed by atoms with E-state index in [1.54, 1.807) is 12.1 Å². The highest BCUT2D eigenvalue weighted by Crippen LogP contribution is 2.28. The summed E-state index contributed by atoms with van der Waals surface area (Å²) in [7, 11) is 0. The Kier molecular flexibility index (Phi) is 7.41. The lowest BCUT2D eigenvalue weighted by Crippen LogP contribution is -2.32. The highest BCUT2D eigenvalue weighted by Gasteiger charge is 2.22. The van der Waals surface area contributed by atoms with Crippen LogP contribution in [0.2, 0.25) is 0 Å². The highest BCUT2D eigenvalue weighted by molar-refractivity contribution is 7.98. The van der Waals surface area contributed by atoms with Gasteiger partial charge >= 0.3 is 6.03 Å². The minimum Gasteiger partial charge on any atom is -0.328 e. The highest BCUT2D eigenvalue weighted by atomic mass is 32.2. The minimum atomic E-state index is -0.493. The predicted octanol–water partition coefficient (Wildman–Crippen LogP) is 5.66. The number of thioether (sulfide) groups is 1. The van der Waals surface area contributed by atoms with E-state index in [4.69, 9.17) is 0 Å². The molecule has 9 nitrogen and oxygen atoms in total. The van der Waals surface area contributed by atoms with E-state index in [0.29, 0.717) is 28.1 Å². The van der Waals surface area contributed by atoms with Crippen molar-refractivity contribution in [2.45, 2.75) is 30.8 Å².